The van der Waals surface area contributed by atoms with E-state index in [1.165, 1.54) is 12.1 Å². The van der Waals surface area contributed by atoms with Crippen molar-refractivity contribution in [2.45, 2.75) is 25.4 Å². The van der Waals surface area contributed by atoms with Crippen LogP contribution in [0.4, 0.5) is 4.39 Å². The molecule has 23 heavy (non-hydrogen) atoms. The number of hydrogen-bond donors (Lipinski definition) is 0. The average molecular weight is 320 g/mol. The second-order valence-corrected chi connectivity index (χ2v) is 6.08. The van der Waals surface area contributed by atoms with E-state index < -0.39 is 0 Å². The number of likely N-dealkylation sites (tertiary alicyclic amines) is 1. The molecule has 0 aromatic heterocycles. The number of rotatable bonds is 4. The van der Waals surface area contributed by atoms with E-state index in [0.717, 1.165) is 12.0 Å². The molecule has 0 saturated carbocycles. The third-order valence-corrected chi connectivity index (χ3v) is 4.37. The lowest BCUT2D eigenvalue weighted by Crippen LogP contribution is -2.49. The van der Waals surface area contributed by atoms with Crippen LogP contribution in [-0.4, -0.2) is 60.5 Å². The van der Waals surface area contributed by atoms with Crippen LogP contribution in [0.2, 0.25) is 0 Å². The Kier molecular flexibility index (Phi) is 4.91. The Labute approximate surface area is 135 Å². The third-order valence-electron chi connectivity index (χ3n) is 4.37. The molecule has 6 heteroatoms. The molecule has 3 rings (SSSR count). The highest BCUT2D eigenvalue weighted by Crippen LogP contribution is 2.14. The molecular formula is C17H21FN2O3. The zero-order chi connectivity index (χ0) is 16.2. The molecule has 5 nitrogen and oxygen atoms in total. The molecule has 2 amide bonds. The summed E-state index contributed by atoms with van der Waals surface area (Å²) in [6.07, 6.45) is 1.94. The molecule has 0 spiro atoms. The molecule has 2 fully saturated rings. The Morgan fingerprint density at radius 2 is 2.04 bits per heavy atom. The van der Waals surface area contributed by atoms with Gasteiger partial charge < -0.3 is 14.5 Å². The number of benzene rings is 1. The van der Waals surface area contributed by atoms with Crippen LogP contribution in [-0.2, 0) is 20.7 Å². The lowest BCUT2D eigenvalue weighted by Gasteiger charge is -2.34. The van der Waals surface area contributed by atoms with E-state index in [9.17, 15) is 14.0 Å². The normalized spacial score (nSPS) is 21.8. The summed E-state index contributed by atoms with van der Waals surface area (Å²) in [4.78, 5) is 27.4. The van der Waals surface area contributed by atoms with Crippen LogP contribution in [0.3, 0.4) is 0 Å². The van der Waals surface area contributed by atoms with Crippen molar-refractivity contribution in [3.63, 3.8) is 0 Å². The van der Waals surface area contributed by atoms with Crippen LogP contribution >= 0.6 is 0 Å². The third kappa shape index (κ3) is 4.07. The molecular weight excluding hydrogens is 299 g/mol. The summed E-state index contributed by atoms with van der Waals surface area (Å²) in [7, 11) is 0. The first-order valence-corrected chi connectivity index (χ1v) is 8.03. The largest absolute Gasteiger partial charge is 0.374 e. The maximum absolute atomic E-state index is 12.9. The van der Waals surface area contributed by atoms with E-state index in [4.69, 9.17) is 4.74 Å². The predicted octanol–water partition coefficient (Wildman–Crippen LogP) is 1.22. The molecule has 2 heterocycles. The second-order valence-electron chi connectivity index (χ2n) is 6.08. The van der Waals surface area contributed by atoms with Gasteiger partial charge in [-0.25, -0.2) is 4.39 Å². The molecule has 1 aromatic rings. The Hall–Kier alpha value is -1.95. The number of nitrogens with zero attached hydrogens (tertiary/aromatic N) is 2. The summed E-state index contributed by atoms with van der Waals surface area (Å²) >= 11 is 0. The molecule has 2 aliphatic heterocycles. The van der Waals surface area contributed by atoms with Gasteiger partial charge in [0.25, 0.3) is 0 Å². The summed E-state index contributed by atoms with van der Waals surface area (Å²) in [5.41, 5.74) is 0.986. The average Bonchev–Trinajstić information content (AvgIpc) is 2.95. The maximum atomic E-state index is 12.9. The van der Waals surface area contributed by atoms with Crippen LogP contribution in [0, 0.1) is 5.82 Å². The lowest BCUT2D eigenvalue weighted by atomic mass is 10.1. The van der Waals surface area contributed by atoms with E-state index in [2.05, 4.69) is 0 Å². The Bertz CT molecular complexity index is 576. The number of ether oxygens (including phenoxy) is 1. The monoisotopic (exact) mass is 320 g/mol. The summed E-state index contributed by atoms with van der Waals surface area (Å²) in [6.45, 7) is 2.40. The Balaban J connectivity index is 1.54. The summed E-state index contributed by atoms with van der Waals surface area (Å²) in [6, 6.07) is 6.34. The fourth-order valence-electron chi connectivity index (χ4n) is 3.09. The summed E-state index contributed by atoms with van der Waals surface area (Å²) < 4.78 is 18.7. The zero-order valence-corrected chi connectivity index (χ0v) is 13.0. The number of carbonyl (C=O) groups excluding carboxylic acids is 2. The van der Waals surface area contributed by atoms with Crippen molar-refractivity contribution in [2.24, 2.45) is 0 Å². The van der Waals surface area contributed by atoms with Gasteiger partial charge >= 0.3 is 0 Å². The molecule has 0 radical (unpaired) electrons. The van der Waals surface area contributed by atoms with E-state index in [-0.39, 0.29) is 30.3 Å². The number of carbonyl (C=O) groups is 2. The summed E-state index contributed by atoms with van der Waals surface area (Å²) in [5.74, 6) is -0.215. The van der Waals surface area contributed by atoms with Crippen molar-refractivity contribution < 1.29 is 18.7 Å². The van der Waals surface area contributed by atoms with Crippen LogP contribution in [0.5, 0.6) is 0 Å². The van der Waals surface area contributed by atoms with Crippen LogP contribution < -0.4 is 0 Å². The topological polar surface area (TPSA) is 49.9 Å². The van der Waals surface area contributed by atoms with Crippen molar-refractivity contribution in [3.05, 3.63) is 35.6 Å². The van der Waals surface area contributed by atoms with Crippen molar-refractivity contribution in [1.29, 1.82) is 0 Å². The number of amides is 2. The second kappa shape index (κ2) is 7.08. The van der Waals surface area contributed by atoms with Gasteiger partial charge in [-0.3, -0.25) is 9.59 Å². The maximum Gasteiger partial charge on any atom is 0.242 e. The van der Waals surface area contributed by atoms with Gasteiger partial charge in [0.1, 0.15) is 5.82 Å². The molecule has 0 N–H and O–H groups in total. The molecule has 1 unspecified atom stereocenters. The zero-order valence-electron chi connectivity index (χ0n) is 13.0. The quantitative estimate of drug-likeness (QED) is 0.838. The van der Waals surface area contributed by atoms with Gasteiger partial charge in [-0.05, 0) is 24.1 Å². The standard InChI is InChI=1S/C17H21FN2O3/c18-14-5-3-13(4-6-14)10-15-11-20(8-9-23-15)17(22)12-19-7-1-2-16(19)21/h3-6,15H,1-2,7-12H2. The number of halogens is 1. The molecule has 0 bridgehead atoms. The van der Waals surface area contributed by atoms with E-state index in [1.807, 2.05) is 0 Å². The van der Waals surface area contributed by atoms with Gasteiger partial charge in [0.05, 0.1) is 19.3 Å². The van der Waals surface area contributed by atoms with Gasteiger partial charge in [0.2, 0.25) is 11.8 Å². The molecule has 2 saturated heterocycles. The minimum atomic E-state index is -0.259. The van der Waals surface area contributed by atoms with Crippen LogP contribution in [0.25, 0.3) is 0 Å². The highest BCUT2D eigenvalue weighted by atomic mass is 19.1. The smallest absolute Gasteiger partial charge is 0.242 e. The highest BCUT2D eigenvalue weighted by Gasteiger charge is 2.28. The van der Waals surface area contributed by atoms with E-state index >= 15 is 0 Å². The number of hydrogen-bond acceptors (Lipinski definition) is 3. The van der Waals surface area contributed by atoms with E-state index in [1.54, 1.807) is 21.9 Å². The van der Waals surface area contributed by atoms with Crippen molar-refractivity contribution >= 4 is 11.8 Å². The lowest BCUT2D eigenvalue weighted by molar-refractivity contribution is -0.143. The van der Waals surface area contributed by atoms with Crippen LogP contribution in [0.15, 0.2) is 24.3 Å². The summed E-state index contributed by atoms with van der Waals surface area (Å²) in [5, 5.41) is 0. The van der Waals surface area contributed by atoms with Gasteiger partial charge in [-0.1, -0.05) is 12.1 Å². The predicted molar refractivity (Wildman–Crippen MR) is 82.2 cm³/mol. The van der Waals surface area contributed by atoms with Crippen molar-refractivity contribution in [2.75, 3.05) is 32.8 Å². The Morgan fingerprint density at radius 3 is 2.74 bits per heavy atom. The van der Waals surface area contributed by atoms with Gasteiger partial charge in [0.15, 0.2) is 0 Å². The first-order chi connectivity index (χ1) is 11.1. The Morgan fingerprint density at radius 1 is 1.26 bits per heavy atom. The molecule has 124 valence electrons. The van der Waals surface area contributed by atoms with Gasteiger partial charge in [-0.2, -0.15) is 0 Å². The first-order valence-electron chi connectivity index (χ1n) is 8.03. The molecule has 1 aromatic carbocycles. The van der Waals surface area contributed by atoms with E-state index in [0.29, 0.717) is 39.1 Å². The SMILES string of the molecule is O=C1CCCN1CC(=O)N1CCOC(Cc2ccc(F)cc2)C1. The minimum Gasteiger partial charge on any atom is -0.374 e. The van der Waals surface area contributed by atoms with Gasteiger partial charge in [-0.15, -0.1) is 0 Å². The minimum absolute atomic E-state index is 0.0207. The fourth-order valence-corrected chi connectivity index (χ4v) is 3.09. The highest BCUT2D eigenvalue weighted by molar-refractivity contribution is 5.85. The fraction of sp³-hybridized carbons (Fsp3) is 0.529. The van der Waals surface area contributed by atoms with Gasteiger partial charge in [0, 0.05) is 32.5 Å². The molecule has 2 aliphatic rings. The van der Waals surface area contributed by atoms with Crippen molar-refractivity contribution in [1.82, 2.24) is 9.80 Å². The first kappa shape index (κ1) is 15.9. The van der Waals surface area contributed by atoms with Crippen LogP contribution in [0.1, 0.15) is 18.4 Å². The number of morpholine rings is 1. The molecule has 1 atom stereocenters. The van der Waals surface area contributed by atoms with Crippen molar-refractivity contribution in [3.8, 4) is 0 Å². The molecule has 0 aliphatic carbocycles.